The smallest absolute Gasteiger partial charge is 0.246 e. The van der Waals surface area contributed by atoms with Gasteiger partial charge in [-0.25, -0.2) is 0 Å². The Hall–Kier alpha value is -1.72. The molecule has 0 aliphatic heterocycles. The zero-order chi connectivity index (χ0) is 14.0. The molecule has 0 atom stereocenters. The number of nitrogens with one attached hydrogen (secondary N) is 1. The molecule has 1 amide bonds. The van der Waals surface area contributed by atoms with Crippen LogP contribution in [-0.2, 0) is 11.3 Å². The number of carbonyl (C=O) groups excluding carboxylic acids is 1. The summed E-state index contributed by atoms with van der Waals surface area (Å²) in [5.74, 6) is -0.267. The van der Waals surface area contributed by atoms with Gasteiger partial charge in [-0.05, 0) is 24.6 Å². The summed E-state index contributed by atoms with van der Waals surface area (Å²) in [4.78, 5) is 11.9. The first kappa shape index (κ1) is 13.7. The van der Waals surface area contributed by atoms with Crippen LogP contribution in [0.5, 0.6) is 0 Å². The third-order valence-corrected chi connectivity index (χ3v) is 2.99. The number of halogens is 2. The molecule has 2 aromatic rings. The van der Waals surface area contributed by atoms with Crippen molar-refractivity contribution in [3.05, 3.63) is 40.1 Å². The molecule has 0 saturated heterocycles. The Kier molecular flexibility index (Phi) is 3.97. The lowest BCUT2D eigenvalue weighted by Gasteiger charge is -2.10. The highest BCUT2D eigenvalue weighted by atomic mass is 35.5. The Morgan fingerprint density at radius 3 is 2.58 bits per heavy atom. The standard InChI is InChI=1S/C12H12Cl2N4O/c1-7-4-16-18(5-7)6-11(19)17-12-9(13)2-8(15)3-10(12)14/h2-5H,6,15H2,1H3,(H,17,19). The number of aryl methyl sites for hydroxylation is 1. The van der Waals surface area contributed by atoms with Crippen molar-refractivity contribution >= 4 is 40.5 Å². The number of benzene rings is 1. The minimum absolute atomic E-state index is 0.0882. The first-order valence-corrected chi connectivity index (χ1v) is 6.24. The molecular weight excluding hydrogens is 287 g/mol. The summed E-state index contributed by atoms with van der Waals surface area (Å²) in [5.41, 5.74) is 7.37. The zero-order valence-corrected chi connectivity index (χ0v) is 11.7. The predicted molar refractivity (Wildman–Crippen MR) is 76.5 cm³/mol. The molecule has 0 aliphatic carbocycles. The molecule has 100 valence electrons. The maximum atomic E-state index is 11.9. The number of rotatable bonds is 3. The molecule has 1 aromatic carbocycles. The molecule has 2 rings (SSSR count). The van der Waals surface area contributed by atoms with Crippen LogP contribution in [0.1, 0.15) is 5.56 Å². The molecule has 0 saturated carbocycles. The maximum Gasteiger partial charge on any atom is 0.246 e. The molecule has 0 radical (unpaired) electrons. The lowest BCUT2D eigenvalue weighted by molar-refractivity contribution is -0.116. The molecule has 0 fully saturated rings. The van der Waals surface area contributed by atoms with E-state index in [-0.39, 0.29) is 12.5 Å². The van der Waals surface area contributed by atoms with Crippen LogP contribution in [0, 0.1) is 6.92 Å². The Balaban J connectivity index is 2.11. The van der Waals surface area contributed by atoms with Crippen molar-refractivity contribution in [2.75, 3.05) is 11.1 Å². The van der Waals surface area contributed by atoms with Crippen LogP contribution in [0.25, 0.3) is 0 Å². The highest BCUT2D eigenvalue weighted by molar-refractivity contribution is 6.40. The first-order valence-electron chi connectivity index (χ1n) is 5.49. The molecule has 1 heterocycles. The summed E-state index contributed by atoms with van der Waals surface area (Å²) in [5, 5.41) is 7.27. The Bertz CT molecular complexity index is 601. The molecule has 7 heteroatoms. The van der Waals surface area contributed by atoms with E-state index in [0.717, 1.165) is 5.56 Å². The van der Waals surface area contributed by atoms with E-state index in [0.29, 0.717) is 21.4 Å². The van der Waals surface area contributed by atoms with Crippen molar-refractivity contribution in [2.24, 2.45) is 0 Å². The van der Waals surface area contributed by atoms with Crippen molar-refractivity contribution < 1.29 is 4.79 Å². The summed E-state index contributed by atoms with van der Waals surface area (Å²) >= 11 is 12.0. The predicted octanol–water partition coefficient (Wildman–Crippen LogP) is 2.72. The van der Waals surface area contributed by atoms with Crippen molar-refractivity contribution in [1.82, 2.24) is 9.78 Å². The third kappa shape index (κ3) is 3.39. The summed E-state index contributed by atoms with van der Waals surface area (Å²) in [6.07, 6.45) is 3.45. The van der Waals surface area contributed by atoms with Gasteiger partial charge in [-0.2, -0.15) is 5.10 Å². The lowest BCUT2D eigenvalue weighted by atomic mass is 10.3. The number of hydrogen-bond acceptors (Lipinski definition) is 3. The molecule has 0 spiro atoms. The van der Waals surface area contributed by atoms with Crippen LogP contribution in [0.3, 0.4) is 0 Å². The number of hydrogen-bond donors (Lipinski definition) is 2. The van der Waals surface area contributed by atoms with Gasteiger partial charge in [0.2, 0.25) is 5.91 Å². The SMILES string of the molecule is Cc1cnn(CC(=O)Nc2c(Cl)cc(N)cc2Cl)c1. The van der Waals surface area contributed by atoms with E-state index in [1.807, 2.05) is 6.92 Å². The first-order chi connectivity index (χ1) is 8.95. The molecule has 3 N–H and O–H groups in total. The minimum Gasteiger partial charge on any atom is -0.399 e. The van der Waals surface area contributed by atoms with Gasteiger partial charge in [0.25, 0.3) is 0 Å². The molecule has 19 heavy (non-hydrogen) atoms. The van der Waals surface area contributed by atoms with E-state index in [4.69, 9.17) is 28.9 Å². The largest absolute Gasteiger partial charge is 0.399 e. The Labute approximate surface area is 120 Å². The number of amides is 1. The van der Waals surface area contributed by atoms with Gasteiger partial charge < -0.3 is 11.1 Å². The van der Waals surface area contributed by atoms with Crippen molar-refractivity contribution in [2.45, 2.75) is 13.5 Å². The minimum atomic E-state index is -0.267. The van der Waals surface area contributed by atoms with Gasteiger partial charge in [0.05, 0.1) is 21.9 Å². The molecule has 0 unspecified atom stereocenters. The fourth-order valence-electron chi connectivity index (χ4n) is 1.59. The fraction of sp³-hybridized carbons (Fsp3) is 0.167. The number of nitrogens with two attached hydrogens (primary N) is 1. The monoisotopic (exact) mass is 298 g/mol. The Morgan fingerprint density at radius 2 is 2.05 bits per heavy atom. The second-order valence-corrected chi connectivity index (χ2v) is 4.94. The van der Waals surface area contributed by atoms with Crippen LogP contribution < -0.4 is 11.1 Å². The Morgan fingerprint density at radius 1 is 1.42 bits per heavy atom. The van der Waals surface area contributed by atoms with E-state index in [2.05, 4.69) is 10.4 Å². The van der Waals surface area contributed by atoms with E-state index in [9.17, 15) is 4.79 Å². The zero-order valence-electron chi connectivity index (χ0n) is 10.2. The highest BCUT2D eigenvalue weighted by Crippen LogP contribution is 2.32. The van der Waals surface area contributed by atoms with Crippen LogP contribution in [0.2, 0.25) is 10.0 Å². The summed E-state index contributed by atoms with van der Waals surface area (Å²) in [7, 11) is 0. The average Bonchev–Trinajstić information content (AvgIpc) is 2.69. The number of carbonyl (C=O) groups is 1. The lowest BCUT2D eigenvalue weighted by Crippen LogP contribution is -2.19. The van der Waals surface area contributed by atoms with Crippen LogP contribution in [0.15, 0.2) is 24.5 Å². The van der Waals surface area contributed by atoms with Crippen LogP contribution in [-0.4, -0.2) is 15.7 Å². The molecular formula is C12H12Cl2N4O. The quantitative estimate of drug-likeness (QED) is 0.856. The van der Waals surface area contributed by atoms with Gasteiger partial charge in [-0.1, -0.05) is 23.2 Å². The van der Waals surface area contributed by atoms with Crippen LogP contribution >= 0.6 is 23.2 Å². The van der Waals surface area contributed by atoms with E-state index in [1.165, 1.54) is 16.8 Å². The second kappa shape index (κ2) is 5.50. The summed E-state index contributed by atoms with van der Waals surface area (Å²) < 4.78 is 1.53. The van der Waals surface area contributed by atoms with E-state index in [1.54, 1.807) is 12.4 Å². The fourth-order valence-corrected chi connectivity index (χ4v) is 2.19. The normalized spacial score (nSPS) is 10.5. The van der Waals surface area contributed by atoms with Crippen molar-refractivity contribution in [3.8, 4) is 0 Å². The van der Waals surface area contributed by atoms with Gasteiger partial charge in [0, 0.05) is 11.9 Å². The van der Waals surface area contributed by atoms with Gasteiger partial charge in [0.15, 0.2) is 0 Å². The number of aromatic nitrogens is 2. The molecule has 5 nitrogen and oxygen atoms in total. The van der Waals surface area contributed by atoms with Crippen molar-refractivity contribution in [3.63, 3.8) is 0 Å². The van der Waals surface area contributed by atoms with Crippen molar-refractivity contribution in [1.29, 1.82) is 0 Å². The third-order valence-electron chi connectivity index (χ3n) is 2.40. The molecule has 1 aromatic heterocycles. The number of nitrogen functional groups attached to an aromatic ring is 1. The van der Waals surface area contributed by atoms with E-state index >= 15 is 0 Å². The topological polar surface area (TPSA) is 72.9 Å². The maximum absolute atomic E-state index is 11.9. The van der Waals surface area contributed by atoms with Gasteiger partial charge >= 0.3 is 0 Å². The second-order valence-electron chi connectivity index (χ2n) is 4.12. The summed E-state index contributed by atoms with van der Waals surface area (Å²) in [6, 6.07) is 3.06. The van der Waals surface area contributed by atoms with Gasteiger partial charge in [-0.3, -0.25) is 9.48 Å². The van der Waals surface area contributed by atoms with Crippen LogP contribution in [0.4, 0.5) is 11.4 Å². The van der Waals surface area contributed by atoms with Gasteiger partial charge in [0.1, 0.15) is 6.54 Å². The number of anilines is 2. The van der Waals surface area contributed by atoms with E-state index < -0.39 is 0 Å². The number of nitrogens with zero attached hydrogens (tertiary/aromatic N) is 2. The summed E-state index contributed by atoms with van der Waals surface area (Å²) in [6.45, 7) is 1.99. The molecule has 0 bridgehead atoms. The van der Waals surface area contributed by atoms with Gasteiger partial charge in [-0.15, -0.1) is 0 Å². The molecule has 0 aliphatic rings. The highest BCUT2D eigenvalue weighted by Gasteiger charge is 2.11. The average molecular weight is 299 g/mol.